The topological polar surface area (TPSA) is 71.5 Å². The fraction of sp³-hybridized carbons (Fsp3) is 0.182. The Balaban J connectivity index is 1.98. The van der Waals surface area contributed by atoms with Crippen LogP contribution >= 0.6 is 0 Å². The molecule has 0 saturated carbocycles. The van der Waals surface area contributed by atoms with E-state index < -0.39 is 29.5 Å². The van der Waals surface area contributed by atoms with Gasteiger partial charge in [0.2, 0.25) is 5.88 Å². The predicted molar refractivity (Wildman–Crippen MR) is 105 cm³/mol. The maximum Gasteiger partial charge on any atom is 0.416 e. The lowest BCUT2D eigenvalue weighted by atomic mass is 10.0. The Morgan fingerprint density at radius 1 is 1.16 bits per heavy atom. The summed E-state index contributed by atoms with van der Waals surface area (Å²) in [7, 11) is 0. The zero-order chi connectivity index (χ0) is 22.6. The third-order valence-electron chi connectivity index (χ3n) is 4.30. The molecule has 0 aliphatic carbocycles. The molecule has 3 aromatic rings. The third-order valence-corrected chi connectivity index (χ3v) is 4.30. The molecular weight excluding hydrogens is 416 g/mol. The quantitative estimate of drug-likeness (QED) is 0.547. The van der Waals surface area contributed by atoms with Crippen LogP contribution in [0.3, 0.4) is 0 Å². The summed E-state index contributed by atoms with van der Waals surface area (Å²) < 4.78 is 57.7. The fourth-order valence-electron chi connectivity index (χ4n) is 2.70. The molecule has 0 spiro atoms. The SMILES string of the molecule is C[C@@H](CO)NC(=O)c1cnc(Oc2ccc(C(F)(F)F)cc2)c(-c2cccc(F)c2)c1. The number of amides is 1. The van der Waals surface area contributed by atoms with Crippen molar-refractivity contribution in [3.05, 3.63) is 77.7 Å². The minimum atomic E-state index is -4.48. The second-order valence-electron chi connectivity index (χ2n) is 6.77. The summed E-state index contributed by atoms with van der Waals surface area (Å²) in [6.45, 7) is 1.35. The van der Waals surface area contributed by atoms with E-state index in [0.717, 1.165) is 24.3 Å². The number of rotatable bonds is 6. The standard InChI is InChI=1S/C22H18F4N2O3/c1-13(12-29)28-20(30)15-10-19(14-3-2-4-17(23)9-14)21(27-11-15)31-18-7-5-16(6-8-18)22(24,25)26/h2-11,13,29H,12H2,1H3,(H,28,30)/t13-/m0/s1. The fourth-order valence-corrected chi connectivity index (χ4v) is 2.70. The van der Waals surface area contributed by atoms with Crippen LogP contribution in [-0.2, 0) is 6.18 Å². The molecule has 0 unspecified atom stereocenters. The summed E-state index contributed by atoms with van der Waals surface area (Å²) in [5.41, 5.74) is -0.0644. The van der Waals surface area contributed by atoms with Crippen molar-refractivity contribution in [2.45, 2.75) is 19.1 Å². The number of carbonyl (C=O) groups excluding carboxylic acids is 1. The summed E-state index contributed by atoms with van der Waals surface area (Å²) in [5.74, 6) is -0.962. The first-order chi connectivity index (χ1) is 14.7. The number of carbonyl (C=O) groups is 1. The number of aliphatic hydroxyl groups is 1. The number of nitrogens with one attached hydrogen (secondary N) is 1. The number of hydrogen-bond donors (Lipinski definition) is 2. The summed E-state index contributed by atoms with van der Waals surface area (Å²) in [5, 5.41) is 11.7. The Kier molecular flexibility index (Phi) is 6.55. The van der Waals surface area contributed by atoms with E-state index in [4.69, 9.17) is 9.84 Å². The smallest absolute Gasteiger partial charge is 0.416 e. The molecule has 3 rings (SSSR count). The van der Waals surface area contributed by atoms with Crippen LogP contribution in [0.2, 0.25) is 0 Å². The lowest BCUT2D eigenvalue weighted by Crippen LogP contribution is -2.35. The number of pyridine rings is 1. The second kappa shape index (κ2) is 9.13. The van der Waals surface area contributed by atoms with Gasteiger partial charge in [-0.2, -0.15) is 13.2 Å². The average Bonchev–Trinajstić information content (AvgIpc) is 2.73. The van der Waals surface area contributed by atoms with Crippen LogP contribution in [0.15, 0.2) is 60.8 Å². The Morgan fingerprint density at radius 3 is 2.48 bits per heavy atom. The molecule has 1 heterocycles. The van der Waals surface area contributed by atoms with E-state index in [9.17, 15) is 22.4 Å². The molecule has 9 heteroatoms. The molecule has 0 radical (unpaired) electrons. The molecule has 0 bridgehead atoms. The number of halogens is 4. The number of alkyl halides is 3. The van der Waals surface area contributed by atoms with Gasteiger partial charge in [0.15, 0.2) is 0 Å². The molecule has 1 atom stereocenters. The first-order valence-electron chi connectivity index (χ1n) is 9.20. The van der Waals surface area contributed by atoms with Gasteiger partial charge >= 0.3 is 6.18 Å². The number of nitrogens with zero attached hydrogens (tertiary/aromatic N) is 1. The van der Waals surface area contributed by atoms with Gasteiger partial charge in [0.05, 0.1) is 17.7 Å². The van der Waals surface area contributed by atoms with Gasteiger partial charge in [-0.25, -0.2) is 9.37 Å². The van der Waals surface area contributed by atoms with Crippen molar-refractivity contribution in [2.75, 3.05) is 6.61 Å². The Bertz CT molecular complexity index is 1070. The van der Waals surface area contributed by atoms with Crippen molar-refractivity contribution in [3.63, 3.8) is 0 Å². The van der Waals surface area contributed by atoms with E-state index in [2.05, 4.69) is 10.3 Å². The highest BCUT2D eigenvalue weighted by atomic mass is 19.4. The number of hydrogen-bond acceptors (Lipinski definition) is 4. The number of ether oxygens (including phenoxy) is 1. The highest BCUT2D eigenvalue weighted by molar-refractivity contribution is 5.95. The van der Waals surface area contributed by atoms with Crippen molar-refractivity contribution in [1.82, 2.24) is 10.3 Å². The van der Waals surface area contributed by atoms with E-state index in [1.54, 1.807) is 13.0 Å². The lowest BCUT2D eigenvalue weighted by Gasteiger charge is -2.14. The Labute approximate surface area is 175 Å². The van der Waals surface area contributed by atoms with E-state index in [-0.39, 0.29) is 29.4 Å². The lowest BCUT2D eigenvalue weighted by molar-refractivity contribution is -0.137. The van der Waals surface area contributed by atoms with Gasteiger partial charge in [-0.1, -0.05) is 12.1 Å². The normalized spacial score (nSPS) is 12.3. The van der Waals surface area contributed by atoms with Crippen LogP contribution in [0.5, 0.6) is 11.6 Å². The van der Waals surface area contributed by atoms with Crippen molar-refractivity contribution >= 4 is 5.91 Å². The van der Waals surface area contributed by atoms with Crippen molar-refractivity contribution in [2.24, 2.45) is 0 Å². The van der Waals surface area contributed by atoms with Gasteiger partial charge in [-0.3, -0.25) is 4.79 Å². The Hall–Kier alpha value is -3.46. The summed E-state index contributed by atoms with van der Waals surface area (Å²) in [6, 6.07) is 10.5. The van der Waals surface area contributed by atoms with Gasteiger partial charge < -0.3 is 15.2 Å². The molecule has 0 saturated heterocycles. The highest BCUT2D eigenvalue weighted by Crippen LogP contribution is 2.34. The van der Waals surface area contributed by atoms with Crippen molar-refractivity contribution in [3.8, 4) is 22.8 Å². The van der Waals surface area contributed by atoms with Crippen LogP contribution in [0.25, 0.3) is 11.1 Å². The van der Waals surface area contributed by atoms with E-state index in [1.807, 2.05) is 0 Å². The van der Waals surface area contributed by atoms with Gasteiger partial charge in [0.1, 0.15) is 11.6 Å². The molecule has 2 N–H and O–H groups in total. The van der Waals surface area contributed by atoms with Crippen molar-refractivity contribution < 1.29 is 32.2 Å². The minimum absolute atomic E-state index is 0.0166. The molecule has 2 aromatic carbocycles. The molecule has 0 aliphatic rings. The first kappa shape index (κ1) is 22.2. The number of benzene rings is 2. The molecule has 5 nitrogen and oxygen atoms in total. The summed E-state index contributed by atoms with van der Waals surface area (Å²) in [4.78, 5) is 16.5. The van der Waals surface area contributed by atoms with E-state index >= 15 is 0 Å². The predicted octanol–water partition coefficient (Wildman–Crippen LogP) is 4.81. The zero-order valence-electron chi connectivity index (χ0n) is 16.3. The second-order valence-corrected chi connectivity index (χ2v) is 6.77. The molecular formula is C22H18F4N2O3. The van der Waals surface area contributed by atoms with Crippen LogP contribution < -0.4 is 10.1 Å². The molecule has 0 aliphatic heterocycles. The number of aliphatic hydroxyl groups excluding tert-OH is 1. The highest BCUT2D eigenvalue weighted by Gasteiger charge is 2.30. The molecule has 31 heavy (non-hydrogen) atoms. The summed E-state index contributed by atoms with van der Waals surface area (Å²) >= 11 is 0. The van der Waals surface area contributed by atoms with Crippen molar-refractivity contribution in [1.29, 1.82) is 0 Å². The maximum absolute atomic E-state index is 13.8. The van der Waals surface area contributed by atoms with Crippen LogP contribution in [0, 0.1) is 5.82 Å². The van der Waals surface area contributed by atoms with Crippen LogP contribution in [-0.4, -0.2) is 28.6 Å². The Morgan fingerprint density at radius 2 is 1.87 bits per heavy atom. The van der Waals surface area contributed by atoms with E-state index in [1.165, 1.54) is 30.5 Å². The molecule has 0 fully saturated rings. The molecule has 162 valence electrons. The van der Waals surface area contributed by atoms with Crippen LogP contribution in [0.4, 0.5) is 17.6 Å². The molecule has 1 amide bonds. The average molecular weight is 434 g/mol. The van der Waals surface area contributed by atoms with Gasteiger partial charge in [0, 0.05) is 17.8 Å². The van der Waals surface area contributed by atoms with Gasteiger partial charge in [-0.15, -0.1) is 0 Å². The van der Waals surface area contributed by atoms with E-state index in [0.29, 0.717) is 5.56 Å². The molecule has 1 aromatic heterocycles. The monoisotopic (exact) mass is 434 g/mol. The zero-order valence-corrected chi connectivity index (χ0v) is 16.3. The number of aromatic nitrogens is 1. The van der Waals surface area contributed by atoms with Gasteiger partial charge in [-0.05, 0) is 55.0 Å². The van der Waals surface area contributed by atoms with Crippen LogP contribution in [0.1, 0.15) is 22.8 Å². The largest absolute Gasteiger partial charge is 0.438 e. The third kappa shape index (κ3) is 5.58. The first-order valence-corrected chi connectivity index (χ1v) is 9.20. The maximum atomic E-state index is 13.8. The van der Waals surface area contributed by atoms with Gasteiger partial charge in [0.25, 0.3) is 5.91 Å². The minimum Gasteiger partial charge on any atom is -0.438 e. The summed E-state index contributed by atoms with van der Waals surface area (Å²) in [6.07, 6.45) is -3.26.